The van der Waals surface area contributed by atoms with Gasteiger partial charge in [0, 0.05) is 25.2 Å². The lowest BCUT2D eigenvalue weighted by atomic mass is 9.93. The summed E-state index contributed by atoms with van der Waals surface area (Å²) in [5.41, 5.74) is 1.00. The number of carbonyl (C=O) groups is 1. The molecule has 2 aliphatic rings. The number of hydrogen-bond donors (Lipinski definition) is 1. The van der Waals surface area contributed by atoms with Gasteiger partial charge in [0.25, 0.3) is 6.43 Å². The second-order valence-corrected chi connectivity index (χ2v) is 10.2. The van der Waals surface area contributed by atoms with E-state index < -0.39 is 6.43 Å². The number of amides is 1. The molecule has 2 aromatic heterocycles. The lowest BCUT2D eigenvalue weighted by Crippen LogP contribution is -2.44. The first-order valence-corrected chi connectivity index (χ1v) is 14.1. The number of imidazole rings is 1. The number of rotatable bonds is 10. The number of fused-ring (bicyclic) bond motifs is 1. The van der Waals surface area contributed by atoms with E-state index in [1.807, 2.05) is 18.7 Å². The van der Waals surface area contributed by atoms with Gasteiger partial charge in [0.05, 0.1) is 30.8 Å². The number of benzene rings is 1. The van der Waals surface area contributed by atoms with Gasteiger partial charge in [-0.15, -0.1) is 0 Å². The van der Waals surface area contributed by atoms with Crippen molar-refractivity contribution < 1.29 is 23.0 Å². The zero-order chi connectivity index (χ0) is 28.1. The molecular formula is C28H37F2N7O3. The predicted molar refractivity (Wildman–Crippen MR) is 147 cm³/mol. The fourth-order valence-corrected chi connectivity index (χ4v) is 5.33. The summed E-state index contributed by atoms with van der Waals surface area (Å²) in [6.45, 7) is 8.42. The Balaban J connectivity index is 1.36. The minimum absolute atomic E-state index is 0.0473. The summed E-state index contributed by atoms with van der Waals surface area (Å²) in [4.78, 5) is 30.0. The molecular weight excluding hydrogens is 520 g/mol. The van der Waals surface area contributed by atoms with E-state index in [2.05, 4.69) is 25.2 Å². The number of ether oxygens (including phenoxy) is 2. The van der Waals surface area contributed by atoms with Gasteiger partial charge in [0.2, 0.25) is 17.7 Å². The summed E-state index contributed by atoms with van der Waals surface area (Å²) in [5.74, 6) is 0.697. The molecule has 0 radical (unpaired) electrons. The van der Waals surface area contributed by atoms with Gasteiger partial charge in [-0.05, 0) is 50.9 Å². The Kier molecular flexibility index (Phi) is 9.05. The normalized spacial score (nSPS) is 19.9. The average Bonchev–Trinajstić information content (AvgIpc) is 3.37. The molecule has 5 rings (SSSR count). The van der Waals surface area contributed by atoms with Gasteiger partial charge in [-0.3, -0.25) is 14.3 Å². The monoisotopic (exact) mass is 557 g/mol. The Morgan fingerprint density at radius 1 is 1.10 bits per heavy atom. The third-order valence-corrected chi connectivity index (χ3v) is 7.57. The van der Waals surface area contributed by atoms with Crippen LogP contribution in [0.2, 0.25) is 0 Å². The van der Waals surface area contributed by atoms with Gasteiger partial charge in [-0.25, -0.2) is 13.8 Å². The number of para-hydroxylation sites is 2. The van der Waals surface area contributed by atoms with Crippen LogP contribution in [0, 0.1) is 0 Å². The van der Waals surface area contributed by atoms with Crippen LogP contribution in [-0.2, 0) is 9.53 Å². The SMILES string of the molecule is CCN(CC)CC(=O)N[C@H]1CC[C@H](Oc2cc(-n3c(C(F)F)nc4ccccc43)nc(N3CCOCC3)n2)CC1. The first-order valence-electron chi connectivity index (χ1n) is 14.1. The Morgan fingerprint density at radius 2 is 1.82 bits per heavy atom. The van der Waals surface area contributed by atoms with Crippen molar-refractivity contribution in [3.63, 3.8) is 0 Å². The number of morpholine rings is 1. The molecule has 2 fully saturated rings. The first-order chi connectivity index (χ1) is 19.4. The number of alkyl halides is 2. The van der Waals surface area contributed by atoms with Gasteiger partial charge in [0.15, 0.2) is 5.82 Å². The number of aromatic nitrogens is 4. The number of likely N-dealkylation sites (N-methyl/N-ethyl adjacent to an activating group) is 1. The third-order valence-electron chi connectivity index (χ3n) is 7.57. The van der Waals surface area contributed by atoms with Crippen LogP contribution >= 0.6 is 0 Å². The highest BCUT2D eigenvalue weighted by atomic mass is 19.3. The minimum Gasteiger partial charge on any atom is -0.474 e. The molecule has 40 heavy (non-hydrogen) atoms. The number of hydrogen-bond acceptors (Lipinski definition) is 8. The topological polar surface area (TPSA) is 97.6 Å². The van der Waals surface area contributed by atoms with Gasteiger partial charge in [-0.1, -0.05) is 26.0 Å². The molecule has 0 bridgehead atoms. The molecule has 3 aromatic rings. The Bertz CT molecular complexity index is 1290. The summed E-state index contributed by atoms with van der Waals surface area (Å²) in [6.07, 6.45) is 0.197. The summed E-state index contributed by atoms with van der Waals surface area (Å²) >= 11 is 0. The molecule has 1 amide bonds. The van der Waals surface area contributed by atoms with Crippen molar-refractivity contribution >= 4 is 22.9 Å². The highest BCUT2D eigenvalue weighted by Crippen LogP contribution is 2.31. The zero-order valence-electron chi connectivity index (χ0n) is 23.1. The van der Waals surface area contributed by atoms with E-state index in [0.717, 1.165) is 38.8 Å². The molecule has 1 aliphatic carbocycles. The lowest BCUT2D eigenvalue weighted by Gasteiger charge is -2.31. The van der Waals surface area contributed by atoms with E-state index in [-0.39, 0.29) is 29.7 Å². The predicted octanol–water partition coefficient (Wildman–Crippen LogP) is 3.74. The van der Waals surface area contributed by atoms with E-state index in [0.29, 0.717) is 55.7 Å². The van der Waals surface area contributed by atoms with Crippen LogP contribution in [0.3, 0.4) is 0 Å². The van der Waals surface area contributed by atoms with Crippen LogP contribution in [0.15, 0.2) is 30.3 Å². The lowest BCUT2D eigenvalue weighted by molar-refractivity contribution is -0.123. The Hall–Kier alpha value is -3.38. The van der Waals surface area contributed by atoms with Crippen LogP contribution < -0.4 is 15.0 Å². The van der Waals surface area contributed by atoms with Crippen LogP contribution in [0.4, 0.5) is 14.7 Å². The molecule has 3 heterocycles. The Labute approximate surface area is 232 Å². The standard InChI is InChI=1S/C28H37F2N7O3/c1-3-35(4-2)18-24(38)31-19-9-11-20(12-10-19)40-25-17-23(33-28(34-25)36-13-15-39-16-14-36)37-22-8-6-5-7-21(22)32-27(37)26(29)30/h5-8,17,19-20,26H,3-4,9-16,18H2,1-2H3,(H,31,38)/t19-,20-. The van der Waals surface area contributed by atoms with Crippen LogP contribution in [0.5, 0.6) is 5.88 Å². The van der Waals surface area contributed by atoms with E-state index in [1.54, 1.807) is 30.3 Å². The number of nitrogens with one attached hydrogen (secondary N) is 1. The molecule has 1 aromatic carbocycles. The van der Waals surface area contributed by atoms with Crippen molar-refractivity contribution in [2.45, 2.75) is 58.1 Å². The number of carbonyl (C=O) groups excluding carboxylic acids is 1. The molecule has 1 N–H and O–H groups in total. The maximum Gasteiger partial charge on any atom is 0.296 e. The molecule has 0 unspecified atom stereocenters. The van der Waals surface area contributed by atoms with Crippen molar-refractivity contribution in [1.29, 1.82) is 0 Å². The maximum atomic E-state index is 14.1. The fraction of sp³-hybridized carbons (Fsp3) is 0.571. The smallest absolute Gasteiger partial charge is 0.296 e. The van der Waals surface area contributed by atoms with Gasteiger partial charge >= 0.3 is 0 Å². The number of halogens is 2. The highest BCUT2D eigenvalue weighted by Gasteiger charge is 2.27. The molecule has 0 spiro atoms. The van der Waals surface area contributed by atoms with Crippen molar-refractivity contribution in [2.24, 2.45) is 0 Å². The highest BCUT2D eigenvalue weighted by molar-refractivity contribution is 5.78. The van der Waals surface area contributed by atoms with Crippen LogP contribution in [0.25, 0.3) is 16.9 Å². The molecule has 1 saturated heterocycles. The maximum absolute atomic E-state index is 14.1. The average molecular weight is 558 g/mol. The van der Waals surface area contributed by atoms with Crippen LogP contribution in [0.1, 0.15) is 51.8 Å². The first kappa shape index (κ1) is 28.2. The van der Waals surface area contributed by atoms with Gasteiger partial charge in [0.1, 0.15) is 11.9 Å². The van der Waals surface area contributed by atoms with Crippen molar-refractivity contribution in [1.82, 2.24) is 29.7 Å². The van der Waals surface area contributed by atoms with Gasteiger partial charge < -0.3 is 19.7 Å². The van der Waals surface area contributed by atoms with Crippen LogP contribution in [-0.4, -0.2) is 88.4 Å². The van der Waals surface area contributed by atoms with Crippen molar-refractivity contribution in [3.8, 4) is 11.7 Å². The summed E-state index contributed by atoms with van der Waals surface area (Å²) < 4.78 is 41.4. The largest absolute Gasteiger partial charge is 0.474 e. The van der Waals surface area contributed by atoms with Crippen molar-refractivity contribution in [3.05, 3.63) is 36.2 Å². The number of anilines is 1. The second-order valence-electron chi connectivity index (χ2n) is 10.2. The molecule has 1 aliphatic heterocycles. The van der Waals surface area contributed by atoms with E-state index in [4.69, 9.17) is 9.47 Å². The molecule has 216 valence electrons. The quantitative estimate of drug-likeness (QED) is 0.403. The summed E-state index contributed by atoms with van der Waals surface area (Å²) in [5, 5.41) is 3.15. The zero-order valence-corrected chi connectivity index (χ0v) is 23.1. The van der Waals surface area contributed by atoms with E-state index in [1.165, 1.54) is 4.57 Å². The molecule has 12 heteroatoms. The molecule has 0 atom stereocenters. The third kappa shape index (κ3) is 6.49. The minimum atomic E-state index is -2.79. The molecule has 10 nitrogen and oxygen atoms in total. The van der Waals surface area contributed by atoms with Crippen molar-refractivity contribution in [2.75, 3.05) is 50.8 Å². The number of nitrogens with zero attached hydrogens (tertiary/aromatic N) is 6. The molecule has 1 saturated carbocycles. The second kappa shape index (κ2) is 12.9. The van der Waals surface area contributed by atoms with Gasteiger partial charge in [-0.2, -0.15) is 9.97 Å². The Morgan fingerprint density at radius 3 is 2.52 bits per heavy atom. The fourth-order valence-electron chi connectivity index (χ4n) is 5.33. The van der Waals surface area contributed by atoms with E-state index in [9.17, 15) is 13.6 Å². The summed E-state index contributed by atoms with van der Waals surface area (Å²) in [6, 6.07) is 8.74. The summed E-state index contributed by atoms with van der Waals surface area (Å²) in [7, 11) is 0. The van der Waals surface area contributed by atoms with E-state index >= 15 is 0 Å².